The molecule has 0 aromatic heterocycles. The first kappa shape index (κ1) is 14.5. The van der Waals surface area contributed by atoms with Crippen LogP contribution in [-0.2, 0) is 17.7 Å². The van der Waals surface area contributed by atoms with Crippen LogP contribution in [0.4, 0.5) is 0 Å². The van der Waals surface area contributed by atoms with Gasteiger partial charge in [-0.3, -0.25) is 4.90 Å². The summed E-state index contributed by atoms with van der Waals surface area (Å²) in [6.07, 6.45) is 3.39. The zero-order chi connectivity index (χ0) is 13.7. The molecule has 0 aliphatic carbocycles. The molecule has 0 amide bonds. The molecular weight excluding hydrogens is 236 g/mol. The fourth-order valence-electron chi connectivity index (χ4n) is 3.12. The Morgan fingerprint density at radius 2 is 2.05 bits per heavy atom. The molecule has 0 fully saturated rings. The fraction of sp³-hybridized carbons (Fsp3) is 0.625. The van der Waals surface area contributed by atoms with E-state index in [0.29, 0.717) is 13.2 Å². The van der Waals surface area contributed by atoms with Crippen LogP contribution in [0.3, 0.4) is 0 Å². The highest BCUT2D eigenvalue weighted by Crippen LogP contribution is 2.27. The molecule has 1 aliphatic rings. The van der Waals surface area contributed by atoms with Crippen LogP contribution in [-0.4, -0.2) is 37.2 Å². The lowest BCUT2D eigenvalue weighted by atomic mass is 9.94. The van der Waals surface area contributed by atoms with Gasteiger partial charge in [0.2, 0.25) is 0 Å². The second-order valence-corrected chi connectivity index (χ2v) is 5.51. The van der Waals surface area contributed by atoms with Gasteiger partial charge >= 0.3 is 0 Å². The number of hydrogen-bond acceptors (Lipinski definition) is 3. The van der Waals surface area contributed by atoms with E-state index in [-0.39, 0.29) is 5.54 Å². The maximum atomic E-state index is 6.08. The molecule has 1 unspecified atom stereocenters. The van der Waals surface area contributed by atoms with Crippen molar-refractivity contribution in [1.82, 2.24) is 4.90 Å². The van der Waals surface area contributed by atoms with Gasteiger partial charge in [0.25, 0.3) is 0 Å². The van der Waals surface area contributed by atoms with Gasteiger partial charge in [-0.2, -0.15) is 0 Å². The van der Waals surface area contributed by atoms with Crippen molar-refractivity contribution in [3.63, 3.8) is 0 Å². The first-order chi connectivity index (χ1) is 9.25. The highest BCUT2D eigenvalue weighted by Gasteiger charge is 2.34. The SMILES string of the molecule is CCC(CN)(COC)N1CCCc2ccccc2C1. The van der Waals surface area contributed by atoms with Crippen molar-refractivity contribution in [2.24, 2.45) is 5.73 Å². The van der Waals surface area contributed by atoms with Gasteiger partial charge in [0, 0.05) is 20.2 Å². The summed E-state index contributed by atoms with van der Waals surface area (Å²) in [6.45, 7) is 5.66. The Labute approximate surface area is 116 Å². The minimum absolute atomic E-state index is 0.0216. The summed E-state index contributed by atoms with van der Waals surface area (Å²) >= 11 is 0. The van der Waals surface area contributed by atoms with Crippen LogP contribution in [0.2, 0.25) is 0 Å². The number of fused-ring (bicyclic) bond motifs is 1. The van der Waals surface area contributed by atoms with E-state index in [0.717, 1.165) is 19.5 Å². The summed E-state index contributed by atoms with van der Waals surface area (Å²) in [7, 11) is 1.77. The Balaban J connectivity index is 2.25. The molecule has 19 heavy (non-hydrogen) atoms. The quantitative estimate of drug-likeness (QED) is 0.884. The van der Waals surface area contributed by atoms with Crippen molar-refractivity contribution in [2.45, 2.75) is 38.3 Å². The molecule has 2 N–H and O–H groups in total. The van der Waals surface area contributed by atoms with Gasteiger partial charge in [0.1, 0.15) is 0 Å². The van der Waals surface area contributed by atoms with E-state index < -0.39 is 0 Å². The zero-order valence-corrected chi connectivity index (χ0v) is 12.2. The number of aryl methyl sites for hydroxylation is 1. The van der Waals surface area contributed by atoms with Crippen LogP contribution < -0.4 is 5.73 Å². The smallest absolute Gasteiger partial charge is 0.0659 e. The lowest BCUT2D eigenvalue weighted by Gasteiger charge is -2.42. The van der Waals surface area contributed by atoms with Gasteiger partial charge in [0.15, 0.2) is 0 Å². The number of methoxy groups -OCH3 is 1. The van der Waals surface area contributed by atoms with E-state index in [9.17, 15) is 0 Å². The number of hydrogen-bond donors (Lipinski definition) is 1. The molecule has 1 atom stereocenters. The van der Waals surface area contributed by atoms with E-state index in [1.54, 1.807) is 7.11 Å². The van der Waals surface area contributed by atoms with Crippen LogP contribution in [0.25, 0.3) is 0 Å². The molecule has 1 heterocycles. The molecule has 3 nitrogen and oxygen atoms in total. The van der Waals surface area contributed by atoms with Crippen molar-refractivity contribution >= 4 is 0 Å². The van der Waals surface area contributed by atoms with Gasteiger partial charge in [-0.1, -0.05) is 31.2 Å². The third-order valence-corrected chi connectivity index (χ3v) is 4.48. The number of nitrogens with zero attached hydrogens (tertiary/aromatic N) is 1. The minimum Gasteiger partial charge on any atom is -0.383 e. The zero-order valence-electron chi connectivity index (χ0n) is 12.2. The average Bonchev–Trinajstić information content (AvgIpc) is 2.67. The highest BCUT2D eigenvalue weighted by molar-refractivity contribution is 5.28. The molecule has 106 valence electrons. The summed E-state index contributed by atoms with van der Waals surface area (Å²) in [4.78, 5) is 2.53. The summed E-state index contributed by atoms with van der Waals surface area (Å²) < 4.78 is 5.45. The molecule has 1 aliphatic heterocycles. The molecule has 0 saturated heterocycles. The number of nitrogens with two attached hydrogens (primary N) is 1. The summed E-state index contributed by atoms with van der Waals surface area (Å²) in [5.41, 5.74) is 9.00. The summed E-state index contributed by atoms with van der Waals surface area (Å²) in [5, 5.41) is 0. The summed E-state index contributed by atoms with van der Waals surface area (Å²) in [6, 6.07) is 8.77. The van der Waals surface area contributed by atoms with Crippen molar-refractivity contribution in [2.75, 3.05) is 26.8 Å². The van der Waals surface area contributed by atoms with Crippen molar-refractivity contribution in [3.8, 4) is 0 Å². The van der Waals surface area contributed by atoms with Gasteiger partial charge in [-0.05, 0) is 36.9 Å². The van der Waals surface area contributed by atoms with Gasteiger partial charge < -0.3 is 10.5 Å². The Morgan fingerprint density at radius 1 is 1.32 bits per heavy atom. The molecule has 0 radical (unpaired) electrons. The minimum atomic E-state index is -0.0216. The van der Waals surface area contributed by atoms with E-state index in [2.05, 4.69) is 36.1 Å². The normalized spacial score (nSPS) is 19.5. The molecule has 0 bridgehead atoms. The van der Waals surface area contributed by atoms with E-state index >= 15 is 0 Å². The Bertz CT molecular complexity index is 401. The maximum Gasteiger partial charge on any atom is 0.0659 e. The maximum absolute atomic E-state index is 6.08. The molecule has 1 aromatic rings. The van der Waals surface area contributed by atoms with Crippen LogP contribution in [0.15, 0.2) is 24.3 Å². The first-order valence-electron chi connectivity index (χ1n) is 7.26. The topological polar surface area (TPSA) is 38.5 Å². The Morgan fingerprint density at radius 3 is 2.68 bits per heavy atom. The molecule has 2 rings (SSSR count). The number of rotatable bonds is 5. The van der Waals surface area contributed by atoms with Crippen LogP contribution >= 0.6 is 0 Å². The van der Waals surface area contributed by atoms with Crippen LogP contribution in [0.5, 0.6) is 0 Å². The lowest BCUT2D eigenvalue weighted by molar-refractivity contribution is 0.00721. The molecule has 0 saturated carbocycles. The summed E-state index contributed by atoms with van der Waals surface area (Å²) in [5.74, 6) is 0. The molecule has 1 aromatic carbocycles. The average molecular weight is 262 g/mol. The number of benzene rings is 1. The standard InChI is InChI=1S/C16H26N2O/c1-3-16(12-17,13-19-2)18-10-6-9-14-7-4-5-8-15(14)11-18/h4-5,7-8H,3,6,9-13,17H2,1-2H3. The second-order valence-electron chi connectivity index (χ2n) is 5.51. The van der Waals surface area contributed by atoms with Crippen LogP contribution in [0.1, 0.15) is 30.9 Å². The van der Waals surface area contributed by atoms with Crippen molar-refractivity contribution in [3.05, 3.63) is 35.4 Å². The lowest BCUT2D eigenvalue weighted by Crippen LogP contribution is -2.56. The van der Waals surface area contributed by atoms with E-state index in [4.69, 9.17) is 10.5 Å². The van der Waals surface area contributed by atoms with Crippen molar-refractivity contribution < 1.29 is 4.74 Å². The Kier molecular flexibility index (Phi) is 4.97. The molecule has 3 heteroatoms. The fourth-order valence-corrected chi connectivity index (χ4v) is 3.12. The van der Waals surface area contributed by atoms with E-state index in [1.165, 1.54) is 24.0 Å². The second kappa shape index (κ2) is 6.51. The highest BCUT2D eigenvalue weighted by atomic mass is 16.5. The predicted molar refractivity (Wildman–Crippen MR) is 79.1 cm³/mol. The monoisotopic (exact) mass is 262 g/mol. The molecule has 0 spiro atoms. The van der Waals surface area contributed by atoms with Gasteiger partial charge in [0.05, 0.1) is 12.1 Å². The Hall–Kier alpha value is -0.900. The van der Waals surface area contributed by atoms with Gasteiger partial charge in [-0.15, -0.1) is 0 Å². The van der Waals surface area contributed by atoms with Gasteiger partial charge in [-0.25, -0.2) is 0 Å². The largest absolute Gasteiger partial charge is 0.383 e. The van der Waals surface area contributed by atoms with E-state index in [1.807, 2.05) is 0 Å². The van der Waals surface area contributed by atoms with Crippen molar-refractivity contribution in [1.29, 1.82) is 0 Å². The third kappa shape index (κ3) is 2.99. The first-order valence-corrected chi connectivity index (χ1v) is 7.26. The molecular formula is C16H26N2O. The third-order valence-electron chi connectivity index (χ3n) is 4.48. The predicted octanol–water partition coefficient (Wildman–Crippen LogP) is 2.19. The number of ether oxygens (including phenoxy) is 1. The van der Waals surface area contributed by atoms with Crippen LogP contribution in [0, 0.1) is 0 Å².